The van der Waals surface area contributed by atoms with Crippen LogP contribution in [0, 0.1) is 10.1 Å². The van der Waals surface area contributed by atoms with Gasteiger partial charge >= 0.3 is 0 Å². The van der Waals surface area contributed by atoms with Crippen LogP contribution in [0.1, 0.15) is 52.0 Å². The molecule has 23 heavy (non-hydrogen) atoms. The third-order valence-corrected chi connectivity index (χ3v) is 3.76. The molecule has 0 aromatic heterocycles. The number of nitrogens with zero attached hydrogens (tertiary/aromatic N) is 2. The third-order valence-electron chi connectivity index (χ3n) is 3.76. The molecule has 1 aliphatic rings. The lowest BCUT2D eigenvalue weighted by Gasteiger charge is -2.26. The Morgan fingerprint density at radius 3 is 2.39 bits per heavy atom. The molecule has 0 aliphatic heterocycles. The van der Waals surface area contributed by atoms with Crippen molar-refractivity contribution in [3.8, 4) is 0 Å². The van der Waals surface area contributed by atoms with Gasteiger partial charge in [-0.3, -0.25) is 10.1 Å². The Morgan fingerprint density at radius 2 is 1.87 bits per heavy atom. The smallest absolute Gasteiger partial charge is 0.269 e. The second kappa shape index (κ2) is 7.44. The van der Waals surface area contributed by atoms with Crippen LogP contribution in [0.15, 0.2) is 29.3 Å². The van der Waals surface area contributed by atoms with E-state index in [2.05, 4.69) is 36.4 Å². The fourth-order valence-corrected chi connectivity index (χ4v) is 2.63. The van der Waals surface area contributed by atoms with Crippen LogP contribution in [0.25, 0.3) is 0 Å². The van der Waals surface area contributed by atoms with Crippen molar-refractivity contribution in [1.82, 2.24) is 10.6 Å². The number of rotatable bonds is 4. The minimum Gasteiger partial charge on any atom is -0.354 e. The Balaban J connectivity index is 2.03. The largest absolute Gasteiger partial charge is 0.354 e. The summed E-state index contributed by atoms with van der Waals surface area (Å²) in [5.41, 5.74) is 0.992. The first kappa shape index (κ1) is 17.2. The van der Waals surface area contributed by atoms with Gasteiger partial charge in [-0.1, -0.05) is 25.0 Å². The number of hydrogen-bond donors (Lipinski definition) is 2. The Bertz CT molecular complexity index is 555. The number of non-ortho nitro benzene ring substituents is 1. The van der Waals surface area contributed by atoms with Gasteiger partial charge in [0.25, 0.3) is 5.69 Å². The molecule has 126 valence electrons. The standard InChI is InChI=1S/C17H26N4O2/c1-17(2,3)20-16(19-14-6-4-5-7-14)18-12-13-8-10-15(11-9-13)21(22)23/h8-11,14H,4-7,12H2,1-3H3,(H2,18,19,20). The summed E-state index contributed by atoms with van der Waals surface area (Å²) >= 11 is 0. The highest BCUT2D eigenvalue weighted by atomic mass is 16.6. The Morgan fingerprint density at radius 1 is 1.26 bits per heavy atom. The lowest BCUT2D eigenvalue weighted by molar-refractivity contribution is -0.384. The molecule has 0 radical (unpaired) electrons. The fraction of sp³-hybridized carbons (Fsp3) is 0.588. The quantitative estimate of drug-likeness (QED) is 0.386. The van der Waals surface area contributed by atoms with Crippen LogP contribution in [0.2, 0.25) is 0 Å². The number of guanidine groups is 1. The molecule has 1 aromatic carbocycles. The molecule has 1 aliphatic carbocycles. The second-order valence-corrected chi connectivity index (χ2v) is 7.09. The monoisotopic (exact) mass is 318 g/mol. The van der Waals surface area contributed by atoms with Crippen molar-refractivity contribution >= 4 is 11.6 Å². The van der Waals surface area contributed by atoms with Crippen LogP contribution < -0.4 is 10.6 Å². The molecule has 0 heterocycles. The Kier molecular flexibility index (Phi) is 5.58. The zero-order valence-corrected chi connectivity index (χ0v) is 14.1. The summed E-state index contributed by atoms with van der Waals surface area (Å²) in [6.07, 6.45) is 4.90. The van der Waals surface area contributed by atoms with E-state index in [1.165, 1.54) is 37.8 Å². The maximum Gasteiger partial charge on any atom is 0.269 e. The molecule has 0 amide bonds. The van der Waals surface area contributed by atoms with E-state index in [0.29, 0.717) is 12.6 Å². The molecule has 0 bridgehead atoms. The first-order valence-electron chi connectivity index (χ1n) is 8.16. The molecule has 1 fully saturated rings. The van der Waals surface area contributed by atoms with Gasteiger partial charge in [-0.25, -0.2) is 4.99 Å². The average molecular weight is 318 g/mol. The molecule has 2 N–H and O–H groups in total. The van der Waals surface area contributed by atoms with Crippen molar-refractivity contribution in [2.75, 3.05) is 0 Å². The SMILES string of the molecule is CC(C)(C)NC(=NCc1ccc([N+](=O)[O-])cc1)NC1CCCC1. The normalized spacial score (nSPS) is 16.4. The van der Waals surface area contributed by atoms with Crippen molar-refractivity contribution in [2.24, 2.45) is 4.99 Å². The third kappa shape index (κ3) is 5.88. The van der Waals surface area contributed by atoms with Crippen molar-refractivity contribution in [3.05, 3.63) is 39.9 Å². The summed E-state index contributed by atoms with van der Waals surface area (Å²) in [6.45, 7) is 6.80. The van der Waals surface area contributed by atoms with Crippen LogP contribution in [0.3, 0.4) is 0 Å². The number of benzene rings is 1. The van der Waals surface area contributed by atoms with Crippen LogP contribution in [-0.2, 0) is 6.54 Å². The molecular weight excluding hydrogens is 292 g/mol. The minimum absolute atomic E-state index is 0.0695. The number of nitro groups is 1. The minimum atomic E-state index is -0.388. The number of aliphatic imine (C=N–C) groups is 1. The van der Waals surface area contributed by atoms with E-state index in [1.54, 1.807) is 12.1 Å². The molecule has 1 saturated carbocycles. The van der Waals surface area contributed by atoms with Gasteiger partial charge in [0.15, 0.2) is 5.96 Å². The van der Waals surface area contributed by atoms with E-state index < -0.39 is 0 Å². The molecule has 2 rings (SSSR count). The van der Waals surface area contributed by atoms with Gasteiger partial charge < -0.3 is 10.6 Å². The van der Waals surface area contributed by atoms with E-state index in [0.717, 1.165) is 11.5 Å². The van der Waals surface area contributed by atoms with E-state index >= 15 is 0 Å². The van der Waals surface area contributed by atoms with Crippen LogP contribution in [-0.4, -0.2) is 22.5 Å². The summed E-state index contributed by atoms with van der Waals surface area (Å²) in [6, 6.07) is 7.04. The lowest BCUT2D eigenvalue weighted by Crippen LogP contribution is -2.50. The van der Waals surface area contributed by atoms with Gasteiger partial charge in [0, 0.05) is 23.7 Å². The zero-order valence-electron chi connectivity index (χ0n) is 14.1. The molecule has 0 saturated heterocycles. The Hall–Kier alpha value is -2.11. The second-order valence-electron chi connectivity index (χ2n) is 7.09. The molecule has 0 unspecified atom stereocenters. The van der Waals surface area contributed by atoms with Gasteiger partial charge in [-0.05, 0) is 39.2 Å². The van der Waals surface area contributed by atoms with E-state index in [1.807, 2.05) is 0 Å². The van der Waals surface area contributed by atoms with E-state index in [4.69, 9.17) is 0 Å². The highest BCUT2D eigenvalue weighted by Gasteiger charge is 2.19. The van der Waals surface area contributed by atoms with Crippen molar-refractivity contribution in [1.29, 1.82) is 0 Å². The highest BCUT2D eigenvalue weighted by molar-refractivity contribution is 5.80. The van der Waals surface area contributed by atoms with E-state index in [-0.39, 0.29) is 16.1 Å². The van der Waals surface area contributed by atoms with Crippen LogP contribution in [0.4, 0.5) is 5.69 Å². The maximum atomic E-state index is 10.7. The first-order valence-corrected chi connectivity index (χ1v) is 8.16. The van der Waals surface area contributed by atoms with E-state index in [9.17, 15) is 10.1 Å². The molecular formula is C17H26N4O2. The van der Waals surface area contributed by atoms with Crippen LogP contribution >= 0.6 is 0 Å². The molecule has 0 atom stereocenters. The summed E-state index contributed by atoms with van der Waals surface area (Å²) in [4.78, 5) is 14.9. The average Bonchev–Trinajstić information content (AvgIpc) is 2.96. The molecule has 1 aromatic rings. The lowest BCUT2D eigenvalue weighted by atomic mass is 10.1. The topological polar surface area (TPSA) is 79.6 Å². The Labute approximate surface area is 137 Å². The maximum absolute atomic E-state index is 10.7. The highest BCUT2D eigenvalue weighted by Crippen LogP contribution is 2.18. The molecule has 6 nitrogen and oxygen atoms in total. The number of nitrogens with one attached hydrogen (secondary N) is 2. The zero-order chi connectivity index (χ0) is 16.9. The predicted molar refractivity (Wildman–Crippen MR) is 92.5 cm³/mol. The molecule has 6 heteroatoms. The van der Waals surface area contributed by atoms with Crippen molar-refractivity contribution in [2.45, 2.75) is 64.6 Å². The summed E-state index contributed by atoms with van der Waals surface area (Å²) in [5, 5.41) is 17.6. The molecule has 0 spiro atoms. The van der Waals surface area contributed by atoms with Crippen molar-refractivity contribution < 1.29 is 4.92 Å². The predicted octanol–water partition coefficient (Wildman–Crippen LogP) is 3.37. The van der Waals surface area contributed by atoms with Crippen LogP contribution in [0.5, 0.6) is 0 Å². The first-order chi connectivity index (χ1) is 10.8. The van der Waals surface area contributed by atoms with Gasteiger partial charge in [-0.15, -0.1) is 0 Å². The van der Waals surface area contributed by atoms with Gasteiger partial charge in [-0.2, -0.15) is 0 Å². The summed E-state index contributed by atoms with van der Waals surface area (Å²) in [5.74, 6) is 0.808. The number of nitro benzene ring substituents is 1. The fourth-order valence-electron chi connectivity index (χ4n) is 2.63. The van der Waals surface area contributed by atoms with Gasteiger partial charge in [0.05, 0.1) is 11.5 Å². The summed E-state index contributed by atoms with van der Waals surface area (Å²) in [7, 11) is 0. The number of hydrogen-bond acceptors (Lipinski definition) is 3. The summed E-state index contributed by atoms with van der Waals surface area (Å²) < 4.78 is 0. The van der Waals surface area contributed by atoms with Crippen molar-refractivity contribution in [3.63, 3.8) is 0 Å². The van der Waals surface area contributed by atoms with Gasteiger partial charge in [0.1, 0.15) is 0 Å². The van der Waals surface area contributed by atoms with Gasteiger partial charge in [0.2, 0.25) is 0 Å².